The fraction of sp³-hybridized carbons (Fsp3) is 0.810. The Bertz CT molecular complexity index is 644. The first-order chi connectivity index (χ1) is 12.5. The first kappa shape index (κ1) is 18.5. The molecule has 3 fully saturated rings. The molecule has 0 spiro atoms. The Morgan fingerprint density at radius 2 is 2.04 bits per heavy atom. The molecular weight excluding hydrogens is 352 g/mol. The molecule has 26 heavy (non-hydrogen) atoms. The Morgan fingerprint density at radius 3 is 2.77 bits per heavy atom. The molecule has 3 saturated carbocycles. The number of hydrogen-bond donors (Lipinski definition) is 1. The number of hydrogen-bond acceptors (Lipinski definition) is 4. The fourth-order valence-electron chi connectivity index (χ4n) is 7.18. The molecule has 4 rings (SSSR count). The van der Waals surface area contributed by atoms with Gasteiger partial charge < -0.3 is 9.84 Å². The number of ketones is 1. The predicted molar refractivity (Wildman–Crippen MR) is 98.4 cm³/mol. The highest BCUT2D eigenvalue weighted by Gasteiger charge is 2.62. The molecule has 0 aliphatic heterocycles. The average Bonchev–Trinajstić information content (AvgIpc) is 3.02. The molecule has 4 aliphatic rings. The number of fused-ring (bicyclic) bond motifs is 5. The molecule has 4 aliphatic carbocycles. The smallest absolute Gasteiger partial charge is 0.310 e. The summed E-state index contributed by atoms with van der Waals surface area (Å²) in [6.45, 7) is 2.41. The van der Waals surface area contributed by atoms with Crippen LogP contribution >= 0.6 is 11.6 Å². The zero-order valence-corrected chi connectivity index (χ0v) is 16.3. The first-order valence-electron chi connectivity index (χ1n) is 10.0. The highest BCUT2D eigenvalue weighted by Crippen LogP contribution is 2.66. The van der Waals surface area contributed by atoms with Gasteiger partial charge in [0.05, 0.1) is 5.92 Å². The van der Waals surface area contributed by atoms with Crippen LogP contribution in [0.1, 0.15) is 58.3 Å². The van der Waals surface area contributed by atoms with Crippen LogP contribution in [0.25, 0.3) is 0 Å². The molecule has 0 amide bonds. The van der Waals surface area contributed by atoms with E-state index in [0.717, 1.165) is 44.9 Å². The number of aliphatic hydroxyl groups is 1. The number of esters is 1. The quantitative estimate of drug-likeness (QED) is 0.596. The second kappa shape index (κ2) is 6.63. The van der Waals surface area contributed by atoms with Crippen molar-refractivity contribution in [2.45, 2.75) is 58.3 Å². The number of halogens is 1. The van der Waals surface area contributed by atoms with Crippen molar-refractivity contribution in [3.8, 4) is 0 Å². The van der Waals surface area contributed by atoms with E-state index in [1.54, 1.807) is 0 Å². The molecule has 1 unspecified atom stereocenters. The monoisotopic (exact) mass is 380 g/mol. The van der Waals surface area contributed by atoms with Gasteiger partial charge in [-0.1, -0.05) is 24.1 Å². The van der Waals surface area contributed by atoms with Crippen LogP contribution < -0.4 is 0 Å². The third-order valence-electron chi connectivity index (χ3n) is 8.45. The molecule has 1 N–H and O–H groups in total. The summed E-state index contributed by atoms with van der Waals surface area (Å²) in [5, 5.41) is 10.4. The van der Waals surface area contributed by atoms with E-state index in [1.165, 1.54) is 5.57 Å². The lowest BCUT2D eigenvalue weighted by Gasteiger charge is -2.58. The summed E-state index contributed by atoms with van der Waals surface area (Å²) in [7, 11) is 0. The second-order valence-electron chi connectivity index (χ2n) is 9.10. The average molecular weight is 381 g/mol. The van der Waals surface area contributed by atoms with Crippen LogP contribution in [-0.2, 0) is 14.3 Å². The first-order valence-corrected chi connectivity index (χ1v) is 10.6. The van der Waals surface area contributed by atoms with Crippen molar-refractivity contribution in [3.05, 3.63) is 11.6 Å². The van der Waals surface area contributed by atoms with Gasteiger partial charge in [-0.05, 0) is 74.2 Å². The number of ether oxygens (including phenoxy) is 1. The van der Waals surface area contributed by atoms with Gasteiger partial charge in [0, 0.05) is 18.4 Å². The molecule has 0 radical (unpaired) electrons. The lowest BCUT2D eigenvalue weighted by atomic mass is 9.46. The predicted octanol–water partition coefficient (Wildman–Crippen LogP) is 3.85. The molecule has 6 atom stereocenters. The summed E-state index contributed by atoms with van der Waals surface area (Å²) >= 11 is 5.62. The van der Waals surface area contributed by atoms with E-state index in [0.29, 0.717) is 24.2 Å². The lowest BCUT2D eigenvalue weighted by Crippen LogP contribution is -2.53. The molecule has 0 aromatic heterocycles. The van der Waals surface area contributed by atoms with E-state index >= 15 is 0 Å². The maximum Gasteiger partial charge on any atom is 0.310 e. The van der Waals surface area contributed by atoms with Gasteiger partial charge in [0.2, 0.25) is 0 Å². The van der Waals surface area contributed by atoms with Crippen molar-refractivity contribution in [2.75, 3.05) is 12.7 Å². The molecule has 0 bridgehead atoms. The number of rotatable bonds is 3. The van der Waals surface area contributed by atoms with Gasteiger partial charge >= 0.3 is 5.97 Å². The van der Waals surface area contributed by atoms with Crippen molar-refractivity contribution in [3.63, 3.8) is 0 Å². The number of alkyl halides is 1. The Kier molecular flexibility index (Phi) is 4.71. The van der Waals surface area contributed by atoms with Crippen molar-refractivity contribution >= 4 is 23.4 Å². The lowest BCUT2D eigenvalue weighted by molar-refractivity contribution is -0.158. The third kappa shape index (κ3) is 2.51. The van der Waals surface area contributed by atoms with Gasteiger partial charge in [-0.15, -0.1) is 0 Å². The fourth-order valence-corrected chi connectivity index (χ4v) is 7.29. The highest BCUT2D eigenvalue weighted by molar-refractivity contribution is 6.17. The van der Waals surface area contributed by atoms with Crippen LogP contribution in [-0.4, -0.2) is 29.5 Å². The van der Waals surface area contributed by atoms with Gasteiger partial charge in [0.25, 0.3) is 0 Å². The topological polar surface area (TPSA) is 63.6 Å². The molecule has 4 nitrogen and oxygen atoms in total. The zero-order valence-electron chi connectivity index (χ0n) is 15.5. The van der Waals surface area contributed by atoms with E-state index in [9.17, 15) is 14.7 Å². The van der Waals surface area contributed by atoms with E-state index < -0.39 is 0 Å². The van der Waals surface area contributed by atoms with Crippen LogP contribution in [0, 0.1) is 34.5 Å². The number of aliphatic hydroxyl groups excluding tert-OH is 1. The maximum atomic E-state index is 12.5. The minimum absolute atomic E-state index is 0.0564. The minimum Gasteiger partial charge on any atom is -0.449 e. The van der Waals surface area contributed by atoms with E-state index in [2.05, 4.69) is 6.92 Å². The van der Waals surface area contributed by atoms with Crippen LogP contribution in [0.2, 0.25) is 0 Å². The summed E-state index contributed by atoms with van der Waals surface area (Å²) in [6, 6.07) is -0.117. The molecule has 0 saturated heterocycles. The SMILES string of the molecule is C[C@]12CCC(=O)C=C1CC[C@H]1[C@@H]3CCC(C(=O)OCCl)[C@@]3(CO)CC[C@@H]12. The number of carbonyl (C=O) groups excluding carboxylic acids is 2. The van der Waals surface area contributed by atoms with Crippen LogP contribution in [0.4, 0.5) is 0 Å². The van der Waals surface area contributed by atoms with Gasteiger partial charge in [-0.3, -0.25) is 9.59 Å². The largest absolute Gasteiger partial charge is 0.449 e. The molecule has 0 heterocycles. The zero-order chi connectivity index (χ0) is 18.5. The van der Waals surface area contributed by atoms with E-state index in [1.807, 2.05) is 6.08 Å². The summed E-state index contributed by atoms with van der Waals surface area (Å²) in [4.78, 5) is 24.4. The van der Waals surface area contributed by atoms with Crippen molar-refractivity contribution in [1.29, 1.82) is 0 Å². The summed E-state index contributed by atoms with van der Waals surface area (Å²) in [5.41, 5.74) is 1.13. The Hall–Kier alpha value is -0.870. The van der Waals surface area contributed by atoms with Gasteiger partial charge in [0.15, 0.2) is 11.8 Å². The molecule has 0 aromatic carbocycles. The van der Waals surface area contributed by atoms with Crippen LogP contribution in [0.3, 0.4) is 0 Å². The number of carbonyl (C=O) groups is 2. The Labute approximate surface area is 160 Å². The molecule has 0 aromatic rings. The second-order valence-corrected chi connectivity index (χ2v) is 9.32. The van der Waals surface area contributed by atoms with Crippen molar-refractivity contribution in [1.82, 2.24) is 0 Å². The summed E-state index contributed by atoms with van der Waals surface area (Å²) in [6.07, 6.45) is 9.26. The van der Waals surface area contributed by atoms with E-state index in [-0.39, 0.29) is 41.2 Å². The normalized spacial score (nSPS) is 44.6. The Morgan fingerprint density at radius 1 is 1.23 bits per heavy atom. The Balaban J connectivity index is 1.64. The standard InChI is InChI=1S/C21H29ClO4/c1-20-8-6-14(24)10-13(20)2-3-15-16(20)7-9-21(11-23)17(15)4-5-18(21)19(25)26-12-22/h10,15-18,23H,2-9,11-12H2,1H3/t15-,16+,17+,18?,20+,21-/m1/s1. The maximum absolute atomic E-state index is 12.5. The summed E-state index contributed by atoms with van der Waals surface area (Å²) in [5.74, 6) is 1.27. The van der Waals surface area contributed by atoms with Gasteiger partial charge in [-0.2, -0.15) is 0 Å². The third-order valence-corrected chi connectivity index (χ3v) is 8.56. The minimum atomic E-state index is -0.341. The molecule has 5 heteroatoms. The molecular formula is C21H29ClO4. The highest BCUT2D eigenvalue weighted by atomic mass is 35.5. The number of allylic oxidation sites excluding steroid dienone is 1. The van der Waals surface area contributed by atoms with Crippen molar-refractivity contribution in [2.24, 2.45) is 34.5 Å². The summed E-state index contributed by atoms with van der Waals surface area (Å²) < 4.78 is 5.12. The van der Waals surface area contributed by atoms with Gasteiger partial charge in [0.1, 0.15) is 0 Å². The van der Waals surface area contributed by atoms with E-state index in [4.69, 9.17) is 16.3 Å². The van der Waals surface area contributed by atoms with Crippen molar-refractivity contribution < 1.29 is 19.4 Å². The van der Waals surface area contributed by atoms with Crippen LogP contribution in [0.15, 0.2) is 11.6 Å². The van der Waals surface area contributed by atoms with Gasteiger partial charge in [-0.25, -0.2) is 0 Å². The van der Waals surface area contributed by atoms with Crippen LogP contribution in [0.5, 0.6) is 0 Å². The molecule has 144 valence electrons.